The molecule has 0 aliphatic carbocycles. The third-order valence-corrected chi connectivity index (χ3v) is 5.79. The zero-order valence-corrected chi connectivity index (χ0v) is 17.7. The molecular formula is C22H29IN2. The van der Waals surface area contributed by atoms with Crippen LogP contribution in [0.5, 0.6) is 0 Å². The molecule has 2 aromatic carbocycles. The van der Waals surface area contributed by atoms with E-state index in [0.717, 1.165) is 30.4 Å². The first-order valence-electron chi connectivity index (χ1n) is 8.90. The fraction of sp³-hybridized carbons (Fsp3) is 0.409. The van der Waals surface area contributed by atoms with Crippen molar-refractivity contribution in [2.45, 2.75) is 51.0 Å². The molecular weight excluding hydrogens is 419 g/mol. The molecule has 0 radical (unpaired) electrons. The van der Waals surface area contributed by atoms with Crippen molar-refractivity contribution in [1.82, 2.24) is 0 Å². The van der Waals surface area contributed by atoms with Crippen LogP contribution in [0.15, 0.2) is 60.7 Å². The SMILES string of the molecule is CCC([NH3+])(CC)C(C)CC(C#N)(c1ccccc1)c1ccccc1.[I-]. The van der Waals surface area contributed by atoms with Gasteiger partial charge in [-0.15, -0.1) is 0 Å². The lowest BCUT2D eigenvalue weighted by Gasteiger charge is -2.37. The number of rotatable bonds is 7. The van der Waals surface area contributed by atoms with Gasteiger partial charge in [-0.1, -0.05) is 81.4 Å². The van der Waals surface area contributed by atoms with Gasteiger partial charge in [0.15, 0.2) is 0 Å². The molecule has 0 aromatic heterocycles. The standard InChI is InChI=1S/C22H28N2.HI/c1-4-22(24,5-2)18(3)16-21(17-23,19-12-8-6-9-13-19)20-14-10-7-11-15-20;/h6-15,18H,4-5,16,24H2,1-3H3;1H. The van der Waals surface area contributed by atoms with Gasteiger partial charge < -0.3 is 29.7 Å². The predicted octanol–water partition coefficient (Wildman–Crippen LogP) is 1.33. The van der Waals surface area contributed by atoms with Crippen LogP contribution in [-0.2, 0) is 5.41 Å². The molecule has 3 heteroatoms. The summed E-state index contributed by atoms with van der Waals surface area (Å²) in [7, 11) is 0. The Morgan fingerprint density at radius 1 is 0.920 bits per heavy atom. The second kappa shape index (κ2) is 9.35. The highest BCUT2D eigenvalue weighted by Crippen LogP contribution is 2.40. The van der Waals surface area contributed by atoms with Crippen LogP contribution < -0.4 is 29.7 Å². The summed E-state index contributed by atoms with van der Waals surface area (Å²) in [4.78, 5) is 0. The van der Waals surface area contributed by atoms with Gasteiger partial charge in [-0.2, -0.15) is 5.26 Å². The summed E-state index contributed by atoms with van der Waals surface area (Å²) in [6.07, 6.45) is 2.83. The van der Waals surface area contributed by atoms with E-state index in [0.29, 0.717) is 5.92 Å². The van der Waals surface area contributed by atoms with E-state index in [1.165, 1.54) is 0 Å². The predicted molar refractivity (Wildman–Crippen MR) is 99.3 cm³/mol. The molecule has 0 saturated heterocycles. The van der Waals surface area contributed by atoms with Gasteiger partial charge in [0.2, 0.25) is 0 Å². The van der Waals surface area contributed by atoms with Gasteiger partial charge >= 0.3 is 0 Å². The van der Waals surface area contributed by atoms with Gasteiger partial charge in [-0.3, -0.25) is 0 Å². The first kappa shape index (κ1) is 21.7. The van der Waals surface area contributed by atoms with Crippen LogP contribution in [0.2, 0.25) is 0 Å². The average molecular weight is 448 g/mol. The highest BCUT2D eigenvalue weighted by atomic mass is 127. The van der Waals surface area contributed by atoms with Crippen molar-refractivity contribution in [1.29, 1.82) is 5.26 Å². The molecule has 0 fully saturated rings. The van der Waals surface area contributed by atoms with Crippen LogP contribution in [0.3, 0.4) is 0 Å². The number of halogens is 1. The van der Waals surface area contributed by atoms with Crippen LogP contribution in [0.4, 0.5) is 0 Å². The van der Waals surface area contributed by atoms with Crippen LogP contribution in [-0.4, -0.2) is 5.54 Å². The summed E-state index contributed by atoms with van der Waals surface area (Å²) in [6, 6.07) is 23.1. The lowest BCUT2D eigenvalue weighted by molar-refractivity contribution is -0.494. The van der Waals surface area contributed by atoms with E-state index >= 15 is 0 Å². The Morgan fingerprint density at radius 2 is 1.32 bits per heavy atom. The lowest BCUT2D eigenvalue weighted by atomic mass is 9.66. The van der Waals surface area contributed by atoms with E-state index in [1.54, 1.807) is 0 Å². The Kier molecular flexibility index (Phi) is 8.11. The van der Waals surface area contributed by atoms with E-state index < -0.39 is 5.41 Å². The first-order chi connectivity index (χ1) is 11.5. The summed E-state index contributed by atoms with van der Waals surface area (Å²) < 4.78 is 0. The van der Waals surface area contributed by atoms with Gasteiger partial charge in [-0.05, 0) is 30.4 Å². The van der Waals surface area contributed by atoms with E-state index in [1.807, 2.05) is 36.4 Å². The number of quaternary nitrogens is 1. The maximum atomic E-state index is 10.3. The van der Waals surface area contributed by atoms with Crippen molar-refractivity contribution in [3.8, 4) is 6.07 Å². The molecule has 134 valence electrons. The smallest absolute Gasteiger partial charge is 0.108 e. The summed E-state index contributed by atoms with van der Waals surface area (Å²) in [5, 5.41) is 10.3. The average Bonchev–Trinajstić information content (AvgIpc) is 2.66. The van der Waals surface area contributed by atoms with Crippen molar-refractivity contribution < 1.29 is 29.7 Å². The first-order valence-corrected chi connectivity index (χ1v) is 8.90. The molecule has 1 unspecified atom stereocenters. The molecule has 2 rings (SSSR count). The van der Waals surface area contributed by atoms with Crippen molar-refractivity contribution in [2.24, 2.45) is 5.92 Å². The molecule has 2 aromatic rings. The molecule has 3 N–H and O–H groups in total. The normalized spacial score (nSPS) is 12.8. The summed E-state index contributed by atoms with van der Waals surface area (Å²) in [5.41, 5.74) is 6.02. The van der Waals surface area contributed by atoms with Crippen molar-refractivity contribution in [3.05, 3.63) is 71.8 Å². The molecule has 0 aliphatic rings. The molecule has 25 heavy (non-hydrogen) atoms. The number of nitrogens with zero attached hydrogens (tertiary/aromatic N) is 1. The maximum Gasteiger partial charge on any atom is 0.108 e. The van der Waals surface area contributed by atoms with Gasteiger partial charge in [0.05, 0.1) is 11.6 Å². The highest BCUT2D eigenvalue weighted by molar-refractivity contribution is 5.46. The van der Waals surface area contributed by atoms with Crippen LogP contribution in [0.1, 0.15) is 51.2 Å². The maximum absolute atomic E-state index is 10.3. The van der Waals surface area contributed by atoms with Crippen molar-refractivity contribution >= 4 is 0 Å². The number of nitriles is 1. The van der Waals surface area contributed by atoms with E-state index in [9.17, 15) is 5.26 Å². The topological polar surface area (TPSA) is 51.4 Å². The molecule has 0 heterocycles. The van der Waals surface area contributed by atoms with Crippen LogP contribution in [0, 0.1) is 17.2 Å². The monoisotopic (exact) mass is 448 g/mol. The van der Waals surface area contributed by atoms with Gasteiger partial charge in [0.25, 0.3) is 0 Å². The zero-order valence-electron chi connectivity index (χ0n) is 15.5. The molecule has 0 bridgehead atoms. The molecule has 0 spiro atoms. The van der Waals surface area contributed by atoms with Crippen molar-refractivity contribution in [2.75, 3.05) is 0 Å². The Balaban J connectivity index is 0.00000312. The largest absolute Gasteiger partial charge is 1.00 e. The zero-order chi connectivity index (χ0) is 17.6. The summed E-state index contributed by atoms with van der Waals surface area (Å²) in [6.45, 7) is 6.65. The molecule has 2 nitrogen and oxygen atoms in total. The lowest BCUT2D eigenvalue weighted by Crippen LogP contribution is -3.00. The number of hydrogen-bond acceptors (Lipinski definition) is 1. The number of hydrogen-bond donors (Lipinski definition) is 1. The quantitative estimate of drug-likeness (QED) is 0.639. The minimum Gasteiger partial charge on any atom is -1.00 e. The Morgan fingerprint density at radius 3 is 1.64 bits per heavy atom. The van der Waals surface area contributed by atoms with Gasteiger partial charge in [0.1, 0.15) is 5.41 Å². The Bertz CT molecular complexity index is 633. The molecule has 0 aliphatic heterocycles. The highest BCUT2D eigenvalue weighted by Gasteiger charge is 2.42. The molecule has 1 atom stereocenters. The van der Waals surface area contributed by atoms with Gasteiger partial charge in [0, 0.05) is 5.92 Å². The van der Waals surface area contributed by atoms with Crippen LogP contribution in [0.25, 0.3) is 0 Å². The molecule has 0 saturated carbocycles. The Hall–Kier alpha value is -1.38. The van der Waals surface area contributed by atoms with E-state index in [-0.39, 0.29) is 29.5 Å². The second-order valence-electron chi connectivity index (χ2n) is 6.92. The summed E-state index contributed by atoms with van der Waals surface area (Å²) >= 11 is 0. The number of benzene rings is 2. The fourth-order valence-electron chi connectivity index (χ4n) is 3.65. The minimum atomic E-state index is -0.630. The summed E-state index contributed by atoms with van der Waals surface area (Å²) in [5.74, 6) is 0.340. The third kappa shape index (κ3) is 4.43. The second-order valence-corrected chi connectivity index (χ2v) is 6.92. The molecule has 0 amide bonds. The van der Waals surface area contributed by atoms with Gasteiger partial charge in [-0.25, -0.2) is 0 Å². The third-order valence-electron chi connectivity index (χ3n) is 5.79. The van der Waals surface area contributed by atoms with E-state index in [2.05, 4.69) is 56.8 Å². The van der Waals surface area contributed by atoms with Crippen molar-refractivity contribution in [3.63, 3.8) is 0 Å². The fourth-order valence-corrected chi connectivity index (χ4v) is 3.65. The van der Waals surface area contributed by atoms with Crippen LogP contribution >= 0.6 is 0 Å². The van der Waals surface area contributed by atoms with E-state index in [4.69, 9.17) is 0 Å². The minimum absolute atomic E-state index is 0. The Labute approximate surface area is 169 Å².